The van der Waals surface area contributed by atoms with Gasteiger partial charge in [-0.1, -0.05) is 20.8 Å². The highest BCUT2D eigenvalue weighted by atomic mass is 15.2. The van der Waals surface area contributed by atoms with Crippen LogP contribution >= 0.6 is 0 Å². The van der Waals surface area contributed by atoms with Gasteiger partial charge in [0.15, 0.2) is 0 Å². The molecule has 1 aliphatic rings. The van der Waals surface area contributed by atoms with E-state index in [0.29, 0.717) is 0 Å². The van der Waals surface area contributed by atoms with E-state index in [-0.39, 0.29) is 0 Å². The van der Waals surface area contributed by atoms with Crippen molar-refractivity contribution in [1.82, 2.24) is 10.2 Å². The number of hydrogen-bond donors (Lipinski definition) is 1. The Morgan fingerprint density at radius 2 is 1.87 bits per heavy atom. The van der Waals surface area contributed by atoms with Crippen LogP contribution in [-0.4, -0.2) is 37.1 Å². The minimum absolute atomic E-state index is 0.777. The SMILES string of the molecule is CCC(CNCCC(C)C)N1CCCC1. The first kappa shape index (κ1) is 13.0. The molecule has 1 aliphatic heterocycles. The van der Waals surface area contributed by atoms with E-state index in [4.69, 9.17) is 0 Å². The number of likely N-dealkylation sites (tertiary alicyclic amines) is 1. The van der Waals surface area contributed by atoms with Crippen molar-refractivity contribution in [3.63, 3.8) is 0 Å². The molecule has 0 aromatic rings. The van der Waals surface area contributed by atoms with Crippen LogP contribution in [0.4, 0.5) is 0 Å². The van der Waals surface area contributed by atoms with Crippen LogP contribution < -0.4 is 5.32 Å². The molecule has 0 radical (unpaired) electrons. The average Bonchev–Trinajstić information content (AvgIpc) is 2.70. The van der Waals surface area contributed by atoms with Crippen molar-refractivity contribution >= 4 is 0 Å². The van der Waals surface area contributed by atoms with Crippen molar-refractivity contribution in [3.05, 3.63) is 0 Å². The Labute approximate surface area is 95.4 Å². The van der Waals surface area contributed by atoms with E-state index in [1.54, 1.807) is 0 Å². The molecule has 0 bridgehead atoms. The van der Waals surface area contributed by atoms with E-state index in [2.05, 4.69) is 31.0 Å². The summed E-state index contributed by atoms with van der Waals surface area (Å²) in [6.07, 6.45) is 5.40. The van der Waals surface area contributed by atoms with Gasteiger partial charge in [0.05, 0.1) is 0 Å². The third-order valence-electron chi connectivity index (χ3n) is 3.41. The number of rotatable bonds is 7. The summed E-state index contributed by atoms with van der Waals surface area (Å²) < 4.78 is 0. The van der Waals surface area contributed by atoms with Crippen LogP contribution in [0.5, 0.6) is 0 Å². The lowest BCUT2D eigenvalue weighted by Gasteiger charge is -2.26. The quantitative estimate of drug-likeness (QED) is 0.652. The molecule has 90 valence electrons. The summed E-state index contributed by atoms with van der Waals surface area (Å²) in [4.78, 5) is 2.66. The summed E-state index contributed by atoms with van der Waals surface area (Å²) in [6.45, 7) is 11.9. The Balaban J connectivity index is 2.10. The summed E-state index contributed by atoms with van der Waals surface area (Å²) in [7, 11) is 0. The standard InChI is InChI=1S/C13H28N2/c1-4-13(15-9-5-6-10-15)11-14-8-7-12(2)3/h12-14H,4-11H2,1-3H3. The van der Waals surface area contributed by atoms with E-state index >= 15 is 0 Å². The van der Waals surface area contributed by atoms with Crippen LogP contribution in [0.2, 0.25) is 0 Å². The largest absolute Gasteiger partial charge is 0.315 e. The van der Waals surface area contributed by atoms with Gasteiger partial charge in [-0.05, 0) is 51.2 Å². The third-order valence-corrected chi connectivity index (χ3v) is 3.41. The Morgan fingerprint density at radius 3 is 2.40 bits per heavy atom. The average molecular weight is 212 g/mol. The van der Waals surface area contributed by atoms with Crippen molar-refractivity contribution in [2.45, 2.75) is 52.5 Å². The van der Waals surface area contributed by atoms with Crippen LogP contribution in [0.15, 0.2) is 0 Å². The molecule has 2 heteroatoms. The molecule has 0 aromatic heterocycles. The van der Waals surface area contributed by atoms with Gasteiger partial charge in [0.2, 0.25) is 0 Å². The van der Waals surface area contributed by atoms with E-state index in [1.807, 2.05) is 0 Å². The molecule has 0 saturated carbocycles. The van der Waals surface area contributed by atoms with E-state index < -0.39 is 0 Å². The van der Waals surface area contributed by atoms with Gasteiger partial charge in [0.1, 0.15) is 0 Å². The van der Waals surface area contributed by atoms with Gasteiger partial charge in [0.25, 0.3) is 0 Å². The highest BCUT2D eigenvalue weighted by Gasteiger charge is 2.19. The predicted octanol–water partition coefficient (Wildman–Crippen LogP) is 2.50. The van der Waals surface area contributed by atoms with E-state index in [9.17, 15) is 0 Å². The fourth-order valence-electron chi connectivity index (χ4n) is 2.30. The second-order valence-corrected chi connectivity index (χ2v) is 5.19. The van der Waals surface area contributed by atoms with Crippen LogP contribution in [0.1, 0.15) is 46.5 Å². The minimum Gasteiger partial charge on any atom is -0.315 e. The summed E-state index contributed by atoms with van der Waals surface area (Å²) in [5, 5.41) is 3.60. The molecule has 1 heterocycles. The maximum absolute atomic E-state index is 3.60. The molecular weight excluding hydrogens is 184 g/mol. The highest BCUT2D eigenvalue weighted by molar-refractivity contribution is 4.77. The summed E-state index contributed by atoms with van der Waals surface area (Å²) in [5.41, 5.74) is 0. The Bertz CT molecular complexity index is 151. The summed E-state index contributed by atoms with van der Waals surface area (Å²) >= 11 is 0. The second kappa shape index (κ2) is 7.24. The smallest absolute Gasteiger partial charge is 0.0218 e. The Hall–Kier alpha value is -0.0800. The van der Waals surface area contributed by atoms with Crippen LogP contribution in [0, 0.1) is 5.92 Å². The lowest BCUT2D eigenvalue weighted by atomic mass is 10.1. The fraction of sp³-hybridized carbons (Fsp3) is 1.00. The van der Waals surface area contributed by atoms with E-state index in [0.717, 1.165) is 12.0 Å². The topological polar surface area (TPSA) is 15.3 Å². The van der Waals surface area contributed by atoms with E-state index in [1.165, 1.54) is 51.9 Å². The van der Waals surface area contributed by atoms with Gasteiger partial charge >= 0.3 is 0 Å². The van der Waals surface area contributed by atoms with Gasteiger partial charge in [-0.25, -0.2) is 0 Å². The van der Waals surface area contributed by atoms with Crippen molar-refractivity contribution in [1.29, 1.82) is 0 Å². The lowest BCUT2D eigenvalue weighted by Crippen LogP contribution is -2.40. The molecule has 2 nitrogen and oxygen atoms in total. The maximum Gasteiger partial charge on any atom is 0.0218 e. The molecule has 0 amide bonds. The van der Waals surface area contributed by atoms with Gasteiger partial charge in [-0.15, -0.1) is 0 Å². The number of hydrogen-bond acceptors (Lipinski definition) is 2. The molecular formula is C13H28N2. The normalized spacial score (nSPS) is 20.0. The van der Waals surface area contributed by atoms with Gasteiger partial charge in [-0.3, -0.25) is 4.90 Å². The molecule has 0 spiro atoms. The highest BCUT2D eigenvalue weighted by Crippen LogP contribution is 2.13. The first-order chi connectivity index (χ1) is 7.24. The molecule has 1 unspecified atom stereocenters. The molecule has 1 N–H and O–H groups in total. The molecule has 1 atom stereocenters. The van der Waals surface area contributed by atoms with Crippen molar-refractivity contribution in [2.24, 2.45) is 5.92 Å². The molecule has 0 aliphatic carbocycles. The monoisotopic (exact) mass is 212 g/mol. The molecule has 1 rings (SSSR count). The molecule has 1 fully saturated rings. The van der Waals surface area contributed by atoms with Crippen molar-refractivity contribution < 1.29 is 0 Å². The molecule has 1 saturated heterocycles. The molecule has 0 aromatic carbocycles. The predicted molar refractivity (Wildman–Crippen MR) is 67.2 cm³/mol. The number of nitrogens with zero attached hydrogens (tertiary/aromatic N) is 1. The summed E-state index contributed by atoms with van der Waals surface area (Å²) in [6, 6.07) is 0.777. The van der Waals surface area contributed by atoms with Crippen LogP contribution in [0.25, 0.3) is 0 Å². The first-order valence-electron chi connectivity index (χ1n) is 6.68. The Morgan fingerprint density at radius 1 is 1.20 bits per heavy atom. The van der Waals surface area contributed by atoms with Crippen molar-refractivity contribution in [2.75, 3.05) is 26.2 Å². The zero-order valence-electron chi connectivity index (χ0n) is 10.8. The van der Waals surface area contributed by atoms with Gasteiger partial charge < -0.3 is 5.32 Å². The second-order valence-electron chi connectivity index (χ2n) is 5.19. The zero-order chi connectivity index (χ0) is 11.1. The zero-order valence-corrected chi connectivity index (χ0v) is 10.8. The Kier molecular flexibility index (Phi) is 6.26. The van der Waals surface area contributed by atoms with Crippen molar-refractivity contribution in [3.8, 4) is 0 Å². The summed E-state index contributed by atoms with van der Waals surface area (Å²) in [5.74, 6) is 0.823. The van der Waals surface area contributed by atoms with Crippen LogP contribution in [-0.2, 0) is 0 Å². The maximum atomic E-state index is 3.60. The fourth-order valence-corrected chi connectivity index (χ4v) is 2.30. The van der Waals surface area contributed by atoms with Gasteiger partial charge in [0, 0.05) is 12.6 Å². The minimum atomic E-state index is 0.777. The number of nitrogens with one attached hydrogen (secondary N) is 1. The van der Waals surface area contributed by atoms with Crippen LogP contribution in [0.3, 0.4) is 0 Å². The third kappa shape index (κ3) is 4.98. The van der Waals surface area contributed by atoms with Gasteiger partial charge in [-0.2, -0.15) is 0 Å². The lowest BCUT2D eigenvalue weighted by molar-refractivity contribution is 0.229. The first-order valence-corrected chi connectivity index (χ1v) is 6.68. The molecule has 15 heavy (non-hydrogen) atoms.